The molecule has 112 valence electrons. The fourth-order valence-corrected chi connectivity index (χ4v) is 2.69. The molecule has 1 N–H and O–H groups in total. The standard InChI is InChI=1S/C16H25FN2O/c1-4-7-18-13(3)15-10-14(17)5-6-16(15)19-8-9-20-11-12(19)2/h5-6,10,12-13,18H,4,7-9,11H2,1-3H3. The third-order valence-corrected chi connectivity index (χ3v) is 3.83. The van der Waals surface area contributed by atoms with Gasteiger partial charge in [0.1, 0.15) is 5.82 Å². The van der Waals surface area contributed by atoms with Crippen molar-refractivity contribution >= 4 is 5.69 Å². The quantitative estimate of drug-likeness (QED) is 0.897. The molecule has 0 aromatic heterocycles. The van der Waals surface area contributed by atoms with Gasteiger partial charge in [-0.25, -0.2) is 4.39 Å². The van der Waals surface area contributed by atoms with Gasteiger partial charge in [-0.15, -0.1) is 0 Å². The molecule has 1 heterocycles. The number of halogens is 1. The maximum atomic E-state index is 13.6. The minimum atomic E-state index is -0.171. The summed E-state index contributed by atoms with van der Waals surface area (Å²) in [5, 5.41) is 3.45. The number of nitrogens with one attached hydrogen (secondary N) is 1. The molecule has 0 aliphatic carbocycles. The monoisotopic (exact) mass is 280 g/mol. The van der Waals surface area contributed by atoms with Gasteiger partial charge in [0.2, 0.25) is 0 Å². The number of hydrogen-bond donors (Lipinski definition) is 1. The summed E-state index contributed by atoms with van der Waals surface area (Å²) in [7, 11) is 0. The number of nitrogens with zero attached hydrogens (tertiary/aromatic N) is 1. The van der Waals surface area contributed by atoms with Crippen LogP contribution < -0.4 is 10.2 Å². The zero-order valence-corrected chi connectivity index (χ0v) is 12.7. The highest BCUT2D eigenvalue weighted by atomic mass is 19.1. The van der Waals surface area contributed by atoms with Gasteiger partial charge in [-0.3, -0.25) is 0 Å². The van der Waals surface area contributed by atoms with Crippen molar-refractivity contribution in [1.29, 1.82) is 0 Å². The zero-order chi connectivity index (χ0) is 14.5. The predicted molar refractivity (Wildman–Crippen MR) is 80.7 cm³/mol. The van der Waals surface area contributed by atoms with E-state index in [1.165, 1.54) is 0 Å². The molecule has 2 atom stereocenters. The van der Waals surface area contributed by atoms with Gasteiger partial charge in [-0.05, 0) is 50.6 Å². The van der Waals surface area contributed by atoms with Gasteiger partial charge in [0.05, 0.1) is 13.2 Å². The first-order valence-corrected chi connectivity index (χ1v) is 7.50. The normalized spacial score (nSPS) is 21.0. The maximum absolute atomic E-state index is 13.6. The molecule has 0 radical (unpaired) electrons. The highest BCUT2D eigenvalue weighted by Gasteiger charge is 2.23. The second-order valence-electron chi connectivity index (χ2n) is 5.50. The van der Waals surface area contributed by atoms with E-state index >= 15 is 0 Å². The van der Waals surface area contributed by atoms with E-state index in [0.717, 1.165) is 44.0 Å². The van der Waals surface area contributed by atoms with E-state index in [9.17, 15) is 4.39 Å². The van der Waals surface area contributed by atoms with Crippen molar-refractivity contribution in [3.05, 3.63) is 29.6 Å². The number of benzene rings is 1. The van der Waals surface area contributed by atoms with E-state index < -0.39 is 0 Å². The van der Waals surface area contributed by atoms with E-state index in [0.29, 0.717) is 6.04 Å². The molecular weight excluding hydrogens is 255 g/mol. The lowest BCUT2D eigenvalue weighted by molar-refractivity contribution is 0.0988. The Bertz CT molecular complexity index is 438. The number of morpholine rings is 1. The highest BCUT2D eigenvalue weighted by Crippen LogP contribution is 2.29. The molecule has 0 amide bonds. The van der Waals surface area contributed by atoms with Crippen LogP contribution in [0.2, 0.25) is 0 Å². The summed E-state index contributed by atoms with van der Waals surface area (Å²) in [6.45, 7) is 9.65. The largest absolute Gasteiger partial charge is 0.377 e. The summed E-state index contributed by atoms with van der Waals surface area (Å²) in [5.74, 6) is -0.171. The molecule has 1 aromatic carbocycles. The lowest BCUT2D eigenvalue weighted by Crippen LogP contribution is -2.44. The van der Waals surface area contributed by atoms with Gasteiger partial charge >= 0.3 is 0 Å². The lowest BCUT2D eigenvalue weighted by Gasteiger charge is -2.37. The predicted octanol–water partition coefficient (Wildman–Crippen LogP) is 3.11. The van der Waals surface area contributed by atoms with E-state index in [-0.39, 0.29) is 11.9 Å². The molecule has 0 bridgehead atoms. The minimum absolute atomic E-state index is 0.149. The first kappa shape index (κ1) is 15.3. The Labute approximate surface area is 121 Å². The van der Waals surface area contributed by atoms with Crippen LogP contribution in [0.3, 0.4) is 0 Å². The van der Waals surface area contributed by atoms with Crippen molar-refractivity contribution < 1.29 is 9.13 Å². The molecule has 1 aromatic rings. The summed E-state index contributed by atoms with van der Waals surface area (Å²) in [6.07, 6.45) is 1.07. The third kappa shape index (κ3) is 3.49. The van der Waals surface area contributed by atoms with Gasteiger partial charge in [0.15, 0.2) is 0 Å². The summed E-state index contributed by atoms with van der Waals surface area (Å²) in [6, 6.07) is 5.58. The first-order valence-electron chi connectivity index (χ1n) is 7.50. The van der Waals surface area contributed by atoms with Crippen LogP contribution in [-0.4, -0.2) is 32.3 Å². The van der Waals surface area contributed by atoms with Gasteiger partial charge in [0.25, 0.3) is 0 Å². The van der Waals surface area contributed by atoms with Crippen LogP contribution in [0.25, 0.3) is 0 Å². The maximum Gasteiger partial charge on any atom is 0.123 e. The van der Waals surface area contributed by atoms with Crippen LogP contribution in [0.5, 0.6) is 0 Å². The Balaban J connectivity index is 2.27. The molecule has 1 aliphatic heterocycles. The summed E-state index contributed by atoms with van der Waals surface area (Å²) in [4.78, 5) is 2.32. The van der Waals surface area contributed by atoms with Crippen molar-refractivity contribution in [2.24, 2.45) is 0 Å². The van der Waals surface area contributed by atoms with Crippen LogP contribution in [0.1, 0.15) is 38.8 Å². The molecule has 1 saturated heterocycles. The van der Waals surface area contributed by atoms with Gasteiger partial charge in [-0.1, -0.05) is 6.92 Å². The smallest absolute Gasteiger partial charge is 0.123 e. The molecular formula is C16H25FN2O. The number of anilines is 1. The SMILES string of the molecule is CCCNC(C)c1cc(F)ccc1N1CCOCC1C. The van der Waals surface area contributed by atoms with Crippen LogP contribution in [0.15, 0.2) is 18.2 Å². The van der Waals surface area contributed by atoms with Crippen molar-refractivity contribution in [3.8, 4) is 0 Å². The Morgan fingerprint density at radius 3 is 3.00 bits per heavy atom. The third-order valence-electron chi connectivity index (χ3n) is 3.83. The molecule has 0 spiro atoms. The molecule has 0 saturated carbocycles. The highest BCUT2D eigenvalue weighted by molar-refractivity contribution is 5.56. The van der Waals surface area contributed by atoms with Gasteiger partial charge < -0.3 is 15.0 Å². The van der Waals surface area contributed by atoms with Gasteiger partial charge in [-0.2, -0.15) is 0 Å². The van der Waals surface area contributed by atoms with E-state index in [1.807, 2.05) is 6.07 Å². The number of hydrogen-bond acceptors (Lipinski definition) is 3. The fourth-order valence-electron chi connectivity index (χ4n) is 2.69. The first-order chi connectivity index (χ1) is 9.63. The number of ether oxygens (including phenoxy) is 1. The summed E-state index contributed by atoms with van der Waals surface area (Å²) < 4.78 is 19.1. The van der Waals surface area contributed by atoms with Crippen molar-refractivity contribution in [2.75, 3.05) is 31.2 Å². The molecule has 4 heteroatoms. The summed E-state index contributed by atoms with van der Waals surface area (Å²) >= 11 is 0. The van der Waals surface area contributed by atoms with E-state index in [2.05, 4.69) is 31.0 Å². The minimum Gasteiger partial charge on any atom is -0.377 e. The molecule has 1 fully saturated rings. The van der Waals surface area contributed by atoms with E-state index in [1.54, 1.807) is 12.1 Å². The van der Waals surface area contributed by atoms with Gasteiger partial charge in [0, 0.05) is 24.3 Å². The van der Waals surface area contributed by atoms with Crippen molar-refractivity contribution in [1.82, 2.24) is 5.32 Å². The van der Waals surface area contributed by atoms with Crippen molar-refractivity contribution in [2.45, 2.75) is 39.3 Å². The Kier molecular flexibility index (Phi) is 5.38. The average Bonchev–Trinajstić information content (AvgIpc) is 2.45. The molecule has 2 rings (SSSR count). The number of rotatable bonds is 5. The molecule has 2 unspecified atom stereocenters. The van der Waals surface area contributed by atoms with Crippen LogP contribution >= 0.6 is 0 Å². The molecule has 3 nitrogen and oxygen atoms in total. The Morgan fingerprint density at radius 2 is 2.30 bits per heavy atom. The lowest BCUT2D eigenvalue weighted by atomic mass is 10.0. The van der Waals surface area contributed by atoms with E-state index in [4.69, 9.17) is 4.74 Å². The topological polar surface area (TPSA) is 24.5 Å². The summed E-state index contributed by atoms with van der Waals surface area (Å²) in [5.41, 5.74) is 2.16. The van der Waals surface area contributed by atoms with Crippen molar-refractivity contribution in [3.63, 3.8) is 0 Å². The second kappa shape index (κ2) is 7.04. The van der Waals surface area contributed by atoms with Crippen LogP contribution in [-0.2, 0) is 4.74 Å². The Hall–Kier alpha value is -1.13. The molecule has 1 aliphatic rings. The Morgan fingerprint density at radius 1 is 1.50 bits per heavy atom. The second-order valence-corrected chi connectivity index (χ2v) is 5.50. The average molecular weight is 280 g/mol. The van der Waals surface area contributed by atoms with Crippen LogP contribution in [0.4, 0.5) is 10.1 Å². The van der Waals surface area contributed by atoms with Crippen LogP contribution in [0, 0.1) is 5.82 Å². The zero-order valence-electron chi connectivity index (χ0n) is 12.7. The molecule has 20 heavy (non-hydrogen) atoms. The fraction of sp³-hybridized carbons (Fsp3) is 0.625.